The number of hydrogen-bond acceptors (Lipinski definition) is 6. The van der Waals surface area contributed by atoms with E-state index >= 15 is 0 Å². The fraction of sp³-hybridized carbons (Fsp3) is 0.435. The molecular formula is C23H31N3O5S. The summed E-state index contributed by atoms with van der Waals surface area (Å²) in [6.45, 7) is 4.30. The fourth-order valence-corrected chi connectivity index (χ4v) is 5.07. The first-order chi connectivity index (χ1) is 15.3. The third kappa shape index (κ3) is 6.14. The number of rotatable bonds is 9. The third-order valence-electron chi connectivity index (χ3n) is 5.49. The molecule has 1 N–H and O–H groups in total. The van der Waals surface area contributed by atoms with Crippen LogP contribution in [0.25, 0.3) is 0 Å². The molecule has 0 bridgehead atoms. The Bertz CT molecular complexity index is 1030. The van der Waals surface area contributed by atoms with Crippen LogP contribution in [0.1, 0.15) is 11.1 Å². The second-order valence-corrected chi connectivity index (χ2v) is 9.85. The molecule has 9 heteroatoms. The Hall–Kier alpha value is -2.78. The summed E-state index contributed by atoms with van der Waals surface area (Å²) in [5, 5.41) is 2.71. The van der Waals surface area contributed by atoms with E-state index in [0.717, 1.165) is 11.3 Å². The van der Waals surface area contributed by atoms with Crippen molar-refractivity contribution >= 4 is 21.6 Å². The molecular weight excluding hydrogens is 430 g/mol. The number of nitrogens with zero attached hydrogens (tertiary/aromatic N) is 2. The number of methoxy groups -OCH3 is 2. The fourth-order valence-electron chi connectivity index (χ4n) is 3.74. The smallest absolute Gasteiger partial charge is 0.224 e. The summed E-state index contributed by atoms with van der Waals surface area (Å²) in [5.74, 6) is 0.780. The van der Waals surface area contributed by atoms with Crippen molar-refractivity contribution in [1.82, 2.24) is 9.62 Å². The molecule has 1 fully saturated rings. The van der Waals surface area contributed by atoms with E-state index in [0.29, 0.717) is 37.7 Å². The molecule has 0 aliphatic carbocycles. The van der Waals surface area contributed by atoms with Gasteiger partial charge in [0.1, 0.15) is 0 Å². The van der Waals surface area contributed by atoms with Gasteiger partial charge in [0.05, 0.1) is 26.4 Å². The number of ether oxygens (including phenoxy) is 2. The highest BCUT2D eigenvalue weighted by Gasteiger charge is 2.27. The molecule has 1 aliphatic rings. The first kappa shape index (κ1) is 23.9. The molecule has 0 radical (unpaired) electrons. The molecule has 0 atom stereocenters. The molecule has 8 nitrogen and oxygen atoms in total. The van der Waals surface area contributed by atoms with Crippen LogP contribution in [0.2, 0.25) is 0 Å². The average Bonchev–Trinajstić information content (AvgIpc) is 2.79. The van der Waals surface area contributed by atoms with Gasteiger partial charge >= 0.3 is 0 Å². The van der Waals surface area contributed by atoms with E-state index in [1.54, 1.807) is 25.3 Å². The Morgan fingerprint density at radius 3 is 2.38 bits per heavy atom. The summed E-state index contributed by atoms with van der Waals surface area (Å²) in [6.07, 6.45) is 0.134. The maximum atomic E-state index is 12.7. The number of nitrogens with one attached hydrogen (secondary N) is 1. The molecule has 1 amide bonds. The van der Waals surface area contributed by atoms with Crippen LogP contribution in [0.4, 0.5) is 5.69 Å². The number of aryl methyl sites for hydroxylation is 1. The first-order valence-corrected chi connectivity index (χ1v) is 12.2. The highest BCUT2D eigenvalue weighted by molar-refractivity contribution is 7.89. The number of sulfonamides is 1. The number of hydrogen-bond donors (Lipinski definition) is 1. The van der Waals surface area contributed by atoms with Crippen molar-refractivity contribution in [2.24, 2.45) is 0 Å². The monoisotopic (exact) mass is 461 g/mol. The normalized spacial score (nSPS) is 14.8. The van der Waals surface area contributed by atoms with E-state index < -0.39 is 10.0 Å². The second kappa shape index (κ2) is 10.7. The van der Waals surface area contributed by atoms with Gasteiger partial charge in [0.15, 0.2) is 11.5 Å². The Morgan fingerprint density at radius 2 is 1.72 bits per heavy atom. The summed E-state index contributed by atoms with van der Waals surface area (Å²) >= 11 is 0. The van der Waals surface area contributed by atoms with Gasteiger partial charge < -0.3 is 19.7 Å². The third-order valence-corrected chi connectivity index (χ3v) is 7.37. The summed E-state index contributed by atoms with van der Waals surface area (Å²) in [6, 6.07) is 13.5. The minimum atomic E-state index is -3.43. The SMILES string of the molecule is COc1ccc(CC(=O)NCCS(=O)(=O)N2CCN(c3cccc(C)c3)CC2)cc1OC. The van der Waals surface area contributed by atoms with Crippen LogP contribution >= 0.6 is 0 Å². The lowest BCUT2D eigenvalue weighted by Gasteiger charge is -2.35. The minimum absolute atomic E-state index is 0.0759. The zero-order valence-electron chi connectivity index (χ0n) is 18.8. The zero-order valence-corrected chi connectivity index (χ0v) is 19.7. The number of amides is 1. The number of anilines is 1. The maximum absolute atomic E-state index is 12.7. The van der Waals surface area contributed by atoms with E-state index in [2.05, 4.69) is 16.3 Å². The lowest BCUT2D eigenvalue weighted by atomic mass is 10.1. The van der Waals surface area contributed by atoms with Gasteiger partial charge in [-0.1, -0.05) is 18.2 Å². The molecule has 2 aromatic rings. The van der Waals surface area contributed by atoms with Gasteiger partial charge in [-0.3, -0.25) is 4.79 Å². The highest BCUT2D eigenvalue weighted by atomic mass is 32.2. The van der Waals surface area contributed by atoms with Crippen molar-refractivity contribution in [2.75, 3.05) is 57.6 Å². The van der Waals surface area contributed by atoms with Gasteiger partial charge in [-0.05, 0) is 42.3 Å². The molecule has 0 spiro atoms. The number of benzene rings is 2. The van der Waals surface area contributed by atoms with Crippen LogP contribution in [-0.2, 0) is 21.2 Å². The van der Waals surface area contributed by atoms with Gasteiger partial charge in [-0.2, -0.15) is 4.31 Å². The molecule has 1 saturated heterocycles. The van der Waals surface area contributed by atoms with E-state index in [4.69, 9.17) is 9.47 Å². The largest absolute Gasteiger partial charge is 0.493 e. The standard InChI is InChI=1S/C23H31N3O5S/c1-18-5-4-6-20(15-18)25-10-12-26(13-11-25)32(28,29)14-9-24-23(27)17-19-7-8-21(30-2)22(16-19)31-3/h4-8,15-16H,9-14,17H2,1-3H3,(H,24,27). The van der Waals surface area contributed by atoms with E-state index in [9.17, 15) is 13.2 Å². The molecule has 3 rings (SSSR count). The molecule has 0 unspecified atom stereocenters. The predicted octanol–water partition coefficient (Wildman–Crippen LogP) is 1.82. The molecule has 0 saturated carbocycles. The van der Waals surface area contributed by atoms with Crippen molar-refractivity contribution in [3.63, 3.8) is 0 Å². The van der Waals surface area contributed by atoms with Crippen molar-refractivity contribution in [2.45, 2.75) is 13.3 Å². The Balaban J connectivity index is 1.46. The van der Waals surface area contributed by atoms with Crippen LogP contribution in [0.15, 0.2) is 42.5 Å². The van der Waals surface area contributed by atoms with Crippen LogP contribution in [0.3, 0.4) is 0 Å². The van der Waals surface area contributed by atoms with Crippen LogP contribution in [0, 0.1) is 6.92 Å². The van der Waals surface area contributed by atoms with E-state index in [1.807, 2.05) is 25.1 Å². The lowest BCUT2D eigenvalue weighted by Crippen LogP contribution is -2.50. The van der Waals surface area contributed by atoms with Gasteiger partial charge in [0, 0.05) is 38.4 Å². The molecule has 2 aromatic carbocycles. The number of carbonyl (C=O) groups excluding carboxylic acids is 1. The average molecular weight is 462 g/mol. The zero-order chi connectivity index (χ0) is 23.1. The second-order valence-electron chi connectivity index (χ2n) is 7.76. The highest BCUT2D eigenvalue weighted by Crippen LogP contribution is 2.27. The van der Waals surface area contributed by atoms with Crippen molar-refractivity contribution in [3.05, 3.63) is 53.6 Å². The van der Waals surface area contributed by atoms with Crippen molar-refractivity contribution in [1.29, 1.82) is 0 Å². The van der Waals surface area contributed by atoms with Crippen LogP contribution < -0.4 is 19.7 Å². The molecule has 1 heterocycles. The van der Waals surface area contributed by atoms with Gasteiger partial charge in [0.25, 0.3) is 0 Å². The quantitative estimate of drug-likeness (QED) is 0.613. The lowest BCUT2D eigenvalue weighted by molar-refractivity contribution is -0.120. The number of carbonyl (C=O) groups is 1. The van der Waals surface area contributed by atoms with Crippen molar-refractivity contribution < 1.29 is 22.7 Å². The minimum Gasteiger partial charge on any atom is -0.493 e. The molecule has 174 valence electrons. The van der Waals surface area contributed by atoms with Crippen LogP contribution in [-0.4, -0.2) is 71.3 Å². The summed E-state index contributed by atoms with van der Waals surface area (Å²) < 4.78 is 37.4. The Morgan fingerprint density at radius 1 is 1.00 bits per heavy atom. The van der Waals surface area contributed by atoms with Crippen molar-refractivity contribution in [3.8, 4) is 11.5 Å². The maximum Gasteiger partial charge on any atom is 0.224 e. The Labute approximate surface area is 190 Å². The van der Waals surface area contributed by atoms with Gasteiger partial charge in [0.2, 0.25) is 15.9 Å². The van der Waals surface area contributed by atoms with Gasteiger partial charge in [-0.15, -0.1) is 0 Å². The summed E-state index contributed by atoms with van der Waals surface area (Å²) in [4.78, 5) is 14.5. The molecule has 32 heavy (non-hydrogen) atoms. The van der Waals surface area contributed by atoms with Crippen LogP contribution in [0.5, 0.6) is 11.5 Å². The van der Waals surface area contributed by atoms with E-state index in [-0.39, 0.29) is 24.6 Å². The van der Waals surface area contributed by atoms with E-state index in [1.165, 1.54) is 17.0 Å². The first-order valence-electron chi connectivity index (χ1n) is 10.6. The molecule has 0 aromatic heterocycles. The Kier molecular flexibility index (Phi) is 7.98. The topological polar surface area (TPSA) is 88.2 Å². The number of piperazine rings is 1. The summed E-state index contributed by atoms with van der Waals surface area (Å²) in [7, 11) is -0.346. The van der Waals surface area contributed by atoms with Gasteiger partial charge in [-0.25, -0.2) is 8.42 Å². The predicted molar refractivity (Wildman–Crippen MR) is 125 cm³/mol. The molecule has 1 aliphatic heterocycles. The summed E-state index contributed by atoms with van der Waals surface area (Å²) in [5.41, 5.74) is 3.06.